The van der Waals surface area contributed by atoms with Crippen molar-refractivity contribution in [2.75, 3.05) is 5.32 Å². The smallest absolute Gasteiger partial charge is 0.333 e. The van der Waals surface area contributed by atoms with E-state index in [-0.39, 0.29) is 14.3 Å². The van der Waals surface area contributed by atoms with Gasteiger partial charge in [0, 0.05) is 37.9 Å². The van der Waals surface area contributed by atoms with Crippen LogP contribution in [0.5, 0.6) is 0 Å². The molecule has 3 aromatic rings. The lowest BCUT2D eigenvalue weighted by molar-refractivity contribution is 0.0566. The number of aliphatic imine (C=N–C) groups is 1. The molecule has 30 heavy (non-hydrogen) atoms. The summed E-state index contributed by atoms with van der Waals surface area (Å²) < 4.78 is 35.9. The third kappa shape index (κ3) is 5.35. The van der Waals surface area contributed by atoms with E-state index in [2.05, 4.69) is 29.3 Å². The molecule has 0 aliphatic rings. The van der Waals surface area contributed by atoms with E-state index in [4.69, 9.17) is 5.73 Å². The van der Waals surface area contributed by atoms with Gasteiger partial charge in [-0.2, -0.15) is 13.9 Å². The number of anilines is 1. The molecule has 0 radical (unpaired) electrons. The molecule has 7 nitrogen and oxygen atoms in total. The molecule has 0 spiro atoms. The third-order valence-electron chi connectivity index (χ3n) is 4.29. The van der Waals surface area contributed by atoms with Crippen LogP contribution in [0.15, 0.2) is 64.7 Å². The second-order valence-electron chi connectivity index (χ2n) is 6.63. The molecule has 0 aliphatic carbocycles. The van der Waals surface area contributed by atoms with Crippen LogP contribution in [0, 0.1) is 0 Å². The largest absolute Gasteiger partial charge is 0.412 e. The summed E-state index contributed by atoms with van der Waals surface area (Å²) in [4.78, 5) is 4.83. The third-order valence-corrected chi connectivity index (χ3v) is 4.82. The quantitative estimate of drug-likeness (QED) is 0.271. The molecule has 0 unspecified atom stereocenters. The van der Waals surface area contributed by atoms with E-state index in [0.29, 0.717) is 44.4 Å². The fourth-order valence-electron chi connectivity index (χ4n) is 2.78. The highest BCUT2D eigenvalue weighted by molar-refractivity contribution is 7.94. The molecule has 164 valence electrons. The molecule has 0 aliphatic heterocycles. The van der Waals surface area contributed by atoms with E-state index >= 15 is 0 Å². The summed E-state index contributed by atoms with van der Waals surface area (Å²) in [6.45, 7) is 1.48. The Morgan fingerprint density at radius 3 is 2.50 bits per heavy atom. The maximum Gasteiger partial charge on any atom is 0.333 e. The zero-order chi connectivity index (χ0) is 21.0. The number of halogens is 2. The van der Waals surface area contributed by atoms with Gasteiger partial charge in [-0.1, -0.05) is 38.1 Å². The van der Waals surface area contributed by atoms with Gasteiger partial charge in [0.1, 0.15) is 0 Å². The minimum atomic E-state index is -2.74. The molecule has 0 bridgehead atoms. The molecule has 0 saturated carbocycles. The van der Waals surface area contributed by atoms with Gasteiger partial charge in [0.05, 0.1) is 16.8 Å². The maximum absolute atomic E-state index is 12.9. The van der Waals surface area contributed by atoms with Crippen molar-refractivity contribution in [1.29, 1.82) is 0 Å². The van der Waals surface area contributed by atoms with E-state index in [9.17, 15) is 13.3 Å². The molecule has 1 aromatic heterocycles. The predicted molar refractivity (Wildman–Crippen MR) is 121 cm³/mol. The Bertz CT molecular complexity index is 1020. The number of hydrogen-bond donors (Lipinski definition) is 3. The van der Waals surface area contributed by atoms with Crippen molar-refractivity contribution in [3.8, 4) is 11.1 Å². The van der Waals surface area contributed by atoms with Gasteiger partial charge < -0.3 is 21.1 Å². The van der Waals surface area contributed by atoms with Gasteiger partial charge in [0.15, 0.2) is 5.96 Å². The van der Waals surface area contributed by atoms with Crippen molar-refractivity contribution in [2.24, 2.45) is 10.7 Å². The summed E-state index contributed by atoms with van der Waals surface area (Å²) in [5.74, 6) is 0.520. The van der Waals surface area contributed by atoms with Gasteiger partial charge in [-0.05, 0) is 29.7 Å². The van der Waals surface area contributed by atoms with Gasteiger partial charge in [-0.15, -0.1) is 0 Å². The number of rotatable bonds is 6. The summed E-state index contributed by atoms with van der Waals surface area (Å²) in [6, 6.07) is 12.9. The normalized spacial score (nSPS) is 11.6. The summed E-state index contributed by atoms with van der Waals surface area (Å²) in [7, 11) is 0. The van der Waals surface area contributed by atoms with Crippen molar-refractivity contribution in [1.82, 2.24) is 9.78 Å². The zero-order valence-electron chi connectivity index (χ0n) is 16.4. The highest BCUT2D eigenvalue weighted by atomic mass is 32.2. The first-order chi connectivity index (χ1) is 13.9. The predicted octanol–water partition coefficient (Wildman–Crippen LogP) is 5.36. The minimum Gasteiger partial charge on any atom is -0.412 e. The molecule has 6 N–H and O–H groups in total. The molecular formula is C20H27F2N5O2S. The van der Waals surface area contributed by atoms with E-state index in [1.165, 1.54) is 18.0 Å². The van der Waals surface area contributed by atoms with Crippen LogP contribution in [0.1, 0.15) is 34.7 Å². The molecule has 10 heteroatoms. The highest BCUT2D eigenvalue weighted by Gasteiger charge is 2.15. The van der Waals surface area contributed by atoms with Gasteiger partial charge in [0.25, 0.3) is 0 Å². The molecule has 1 heterocycles. The van der Waals surface area contributed by atoms with Gasteiger partial charge in [-0.25, -0.2) is 9.67 Å². The molecular weight excluding hydrogens is 412 g/mol. The molecule has 0 saturated heterocycles. The van der Waals surface area contributed by atoms with Gasteiger partial charge in [-0.3, -0.25) is 0 Å². The van der Waals surface area contributed by atoms with Crippen molar-refractivity contribution < 1.29 is 21.7 Å². The summed E-state index contributed by atoms with van der Waals surface area (Å²) in [6.07, 6.45) is 2.54. The number of guanidine groups is 1. The van der Waals surface area contributed by atoms with E-state index in [1.807, 2.05) is 24.3 Å². The Kier molecular flexibility index (Phi) is 7.93. The highest BCUT2D eigenvalue weighted by Crippen LogP contribution is 2.38. The van der Waals surface area contributed by atoms with Crippen molar-refractivity contribution >= 4 is 29.4 Å². The maximum atomic E-state index is 12.9. The van der Waals surface area contributed by atoms with Crippen molar-refractivity contribution in [3.05, 3.63) is 60.4 Å². The van der Waals surface area contributed by atoms with Gasteiger partial charge >= 0.3 is 6.55 Å². The van der Waals surface area contributed by atoms with Gasteiger partial charge in [0.2, 0.25) is 0 Å². The van der Waals surface area contributed by atoms with E-state index in [1.54, 1.807) is 18.2 Å². The SMILES string of the molecule is CC(C)c1ccc(NC(N)=Nc2c(SO)cccc2-c2cnn(C(F)F)c2)cc1.O.[HH].[HH]. The number of nitrogens with one attached hydrogen (secondary N) is 1. The Labute approximate surface area is 180 Å². The van der Waals surface area contributed by atoms with Crippen LogP contribution < -0.4 is 11.1 Å². The lowest BCUT2D eigenvalue weighted by Crippen LogP contribution is -2.22. The Balaban J connectivity index is 0.00000320. The number of nitrogens with two attached hydrogens (primary N) is 1. The molecule has 0 amide bonds. The molecule has 0 fully saturated rings. The Morgan fingerprint density at radius 2 is 1.93 bits per heavy atom. The summed E-state index contributed by atoms with van der Waals surface area (Å²) >= 11 is 0.505. The number of para-hydroxylation sites is 1. The molecule has 2 aromatic carbocycles. The summed E-state index contributed by atoms with van der Waals surface area (Å²) in [5, 5.41) is 6.67. The van der Waals surface area contributed by atoms with Crippen LogP contribution in [0.25, 0.3) is 11.1 Å². The number of aromatic nitrogens is 2. The number of alkyl halides is 2. The average Bonchev–Trinajstić information content (AvgIpc) is 3.19. The van der Waals surface area contributed by atoms with Crippen LogP contribution in [0.2, 0.25) is 0 Å². The number of benzene rings is 2. The van der Waals surface area contributed by atoms with Crippen LogP contribution in [-0.4, -0.2) is 25.8 Å². The zero-order valence-corrected chi connectivity index (χ0v) is 17.2. The summed E-state index contributed by atoms with van der Waals surface area (Å²) in [5.41, 5.74) is 9.35. The number of nitrogens with zero attached hydrogens (tertiary/aromatic N) is 3. The van der Waals surface area contributed by atoms with Crippen LogP contribution >= 0.6 is 12.0 Å². The fourth-order valence-corrected chi connectivity index (χ4v) is 3.16. The van der Waals surface area contributed by atoms with Crippen LogP contribution in [0.3, 0.4) is 0 Å². The lowest BCUT2D eigenvalue weighted by Gasteiger charge is -2.11. The second-order valence-corrected chi connectivity index (χ2v) is 7.25. The number of hydrogen-bond acceptors (Lipinski definition) is 4. The second kappa shape index (κ2) is 10.2. The average molecular weight is 440 g/mol. The molecule has 3 rings (SSSR count). The van der Waals surface area contributed by atoms with E-state index in [0.717, 1.165) is 5.69 Å². The molecule has 0 atom stereocenters. The first kappa shape index (κ1) is 23.3. The standard InChI is InChI=1S/C20H21F2N5OS.H2O.2H2/c1-12(2)13-6-8-15(9-7-13)25-20(23)26-18-16(4-3-5-17(18)29-28)14-10-24-27(11-14)19(21)22;;;/h3-12,19,28H,1-2H3,(H3,23,25,26);1H2;2*1H. The van der Waals surface area contributed by atoms with Crippen molar-refractivity contribution in [2.45, 2.75) is 31.2 Å². The van der Waals surface area contributed by atoms with Crippen LogP contribution in [0.4, 0.5) is 20.2 Å². The fraction of sp³-hybridized carbons (Fsp3) is 0.200. The topological polar surface area (TPSA) is 120 Å². The monoisotopic (exact) mass is 439 g/mol. The first-order valence-corrected chi connectivity index (χ1v) is 9.64. The lowest BCUT2D eigenvalue weighted by atomic mass is 10.0. The first-order valence-electron chi connectivity index (χ1n) is 8.87. The van der Waals surface area contributed by atoms with E-state index < -0.39 is 6.55 Å². The van der Waals surface area contributed by atoms with Crippen LogP contribution in [-0.2, 0) is 0 Å². The Morgan fingerprint density at radius 1 is 1.23 bits per heavy atom. The minimum absolute atomic E-state index is 0. The van der Waals surface area contributed by atoms with Crippen molar-refractivity contribution in [3.63, 3.8) is 0 Å². The Hall–Kier alpha value is -2.95.